The van der Waals surface area contributed by atoms with E-state index in [-0.39, 0.29) is 0 Å². The minimum atomic E-state index is -0.482. The Labute approximate surface area is 174 Å². The molecule has 0 radical (unpaired) electrons. The first-order valence-electron chi connectivity index (χ1n) is 8.34. The van der Waals surface area contributed by atoms with Crippen molar-refractivity contribution < 1.29 is 9.59 Å². The fourth-order valence-electron chi connectivity index (χ4n) is 2.21. The number of hydrogen-bond acceptors (Lipinski definition) is 4. The second-order valence-corrected chi connectivity index (χ2v) is 6.52. The van der Waals surface area contributed by atoms with Crippen molar-refractivity contribution in [2.24, 2.45) is 0 Å². The zero-order valence-corrected chi connectivity index (χ0v) is 17.1. The number of benzene rings is 2. The van der Waals surface area contributed by atoms with Crippen molar-refractivity contribution in [2.75, 3.05) is 14.1 Å². The van der Waals surface area contributed by atoms with Gasteiger partial charge < -0.3 is 0 Å². The van der Waals surface area contributed by atoms with E-state index < -0.39 is 11.8 Å². The van der Waals surface area contributed by atoms with Gasteiger partial charge in [0.05, 0.1) is 0 Å². The van der Waals surface area contributed by atoms with Crippen LogP contribution in [0.4, 0.5) is 0 Å². The molecule has 2 aromatic rings. The maximum Gasteiger partial charge on any atom is 0.262 e. The Kier molecular flexibility index (Phi) is 7.79. The predicted molar refractivity (Wildman–Crippen MR) is 117 cm³/mol. The van der Waals surface area contributed by atoms with Crippen LogP contribution in [0.5, 0.6) is 0 Å². The third kappa shape index (κ3) is 6.26. The summed E-state index contributed by atoms with van der Waals surface area (Å²) in [4.78, 5) is 24.9. The Morgan fingerprint density at radius 3 is 1.36 bits per heavy atom. The molecule has 2 amide bonds. The fraction of sp³-hybridized carbons (Fsp3) is 0.100. The summed E-state index contributed by atoms with van der Waals surface area (Å²) in [6.07, 6.45) is 2.25. The lowest BCUT2D eigenvalue weighted by molar-refractivity contribution is -0.121. The monoisotopic (exact) mass is 412 g/mol. The molecule has 2 aromatic carbocycles. The van der Waals surface area contributed by atoms with Crippen LogP contribution in [-0.2, 0) is 9.59 Å². The summed E-state index contributed by atoms with van der Waals surface area (Å²) >= 11 is 10.6. The molecule has 0 bridgehead atoms. The van der Waals surface area contributed by atoms with Crippen LogP contribution in [0, 0.1) is 0 Å². The Morgan fingerprint density at radius 2 is 1.04 bits per heavy atom. The predicted octanol–water partition coefficient (Wildman–Crippen LogP) is 2.22. The topological polar surface area (TPSA) is 64.7 Å². The van der Waals surface area contributed by atoms with Crippen molar-refractivity contribution in [2.45, 2.75) is 0 Å². The molecule has 0 aliphatic rings. The number of amides is 2. The van der Waals surface area contributed by atoms with Gasteiger partial charge in [0.15, 0.2) is 0 Å². The zero-order chi connectivity index (χ0) is 20.5. The number of rotatable bonds is 4. The lowest BCUT2D eigenvalue weighted by atomic mass is 10.2. The maximum absolute atomic E-state index is 12.0. The summed E-state index contributed by atoms with van der Waals surface area (Å²) < 4.78 is 0. The van der Waals surface area contributed by atoms with Gasteiger partial charge in [0.2, 0.25) is 0 Å². The van der Waals surface area contributed by atoms with E-state index in [9.17, 15) is 9.59 Å². The van der Waals surface area contributed by atoms with E-state index >= 15 is 0 Å². The van der Waals surface area contributed by atoms with Crippen LogP contribution in [-0.4, -0.2) is 45.9 Å². The van der Waals surface area contributed by atoms with E-state index in [1.54, 1.807) is 14.1 Å². The number of hydrogen-bond donors (Lipinski definition) is 2. The van der Waals surface area contributed by atoms with Gasteiger partial charge in [-0.1, -0.05) is 85.1 Å². The smallest absolute Gasteiger partial charge is 0.262 e. The highest BCUT2D eigenvalue weighted by molar-refractivity contribution is 7.80. The highest BCUT2D eigenvalue weighted by Gasteiger charge is 2.10. The molecule has 0 unspecified atom stereocenters. The van der Waals surface area contributed by atoms with E-state index in [0.29, 0.717) is 9.98 Å². The SMILES string of the molecule is CN(NC(=O)/C=C/C(=O)NN(C)C(=S)c1ccccc1)C(=S)c1ccccc1. The summed E-state index contributed by atoms with van der Waals surface area (Å²) in [6.45, 7) is 0. The zero-order valence-electron chi connectivity index (χ0n) is 15.5. The summed E-state index contributed by atoms with van der Waals surface area (Å²) in [5.41, 5.74) is 6.77. The Morgan fingerprint density at radius 1 is 0.714 bits per heavy atom. The molecule has 2 N–H and O–H groups in total. The van der Waals surface area contributed by atoms with Gasteiger partial charge >= 0.3 is 0 Å². The van der Waals surface area contributed by atoms with E-state index in [0.717, 1.165) is 23.3 Å². The van der Waals surface area contributed by atoms with E-state index in [1.165, 1.54) is 10.0 Å². The second-order valence-electron chi connectivity index (χ2n) is 5.75. The van der Waals surface area contributed by atoms with Crippen LogP contribution >= 0.6 is 24.4 Å². The minimum Gasteiger partial charge on any atom is -0.277 e. The van der Waals surface area contributed by atoms with Crippen molar-refractivity contribution in [3.05, 3.63) is 83.9 Å². The number of carbonyl (C=O) groups excluding carboxylic acids is 2. The number of nitrogens with zero attached hydrogens (tertiary/aromatic N) is 2. The lowest BCUT2D eigenvalue weighted by Crippen LogP contribution is -2.43. The third-order valence-electron chi connectivity index (χ3n) is 3.59. The van der Waals surface area contributed by atoms with Crippen LogP contribution in [0.3, 0.4) is 0 Å². The van der Waals surface area contributed by atoms with Gasteiger partial charge in [0, 0.05) is 37.4 Å². The molecule has 0 heterocycles. The molecular formula is C20H20N4O2S2. The quantitative estimate of drug-likeness (QED) is 0.456. The molecule has 8 heteroatoms. The summed E-state index contributed by atoms with van der Waals surface area (Å²) in [7, 11) is 3.26. The van der Waals surface area contributed by atoms with Crippen molar-refractivity contribution in [1.82, 2.24) is 20.9 Å². The first-order chi connectivity index (χ1) is 13.4. The molecule has 28 heavy (non-hydrogen) atoms. The largest absolute Gasteiger partial charge is 0.277 e. The lowest BCUT2D eigenvalue weighted by Gasteiger charge is -2.21. The minimum absolute atomic E-state index is 0.458. The molecule has 0 saturated carbocycles. The van der Waals surface area contributed by atoms with E-state index in [4.69, 9.17) is 24.4 Å². The average molecular weight is 413 g/mol. The highest BCUT2D eigenvalue weighted by atomic mass is 32.1. The van der Waals surface area contributed by atoms with Gasteiger partial charge in [0.1, 0.15) is 9.98 Å². The normalized spacial score (nSPS) is 10.2. The molecule has 0 spiro atoms. The molecular weight excluding hydrogens is 392 g/mol. The number of nitrogens with one attached hydrogen (secondary N) is 2. The van der Waals surface area contributed by atoms with Gasteiger partial charge in [-0.2, -0.15) is 0 Å². The molecule has 144 valence electrons. The van der Waals surface area contributed by atoms with Crippen LogP contribution in [0.15, 0.2) is 72.8 Å². The van der Waals surface area contributed by atoms with Crippen molar-refractivity contribution in [1.29, 1.82) is 0 Å². The second kappa shape index (κ2) is 10.3. The van der Waals surface area contributed by atoms with Crippen molar-refractivity contribution >= 4 is 46.2 Å². The molecule has 6 nitrogen and oxygen atoms in total. The summed E-state index contributed by atoms with van der Waals surface area (Å²) in [5, 5.41) is 2.85. The first kappa shape index (κ1) is 21.2. The molecule has 0 aromatic heterocycles. The number of carbonyl (C=O) groups is 2. The van der Waals surface area contributed by atoms with Gasteiger partial charge in [-0.05, 0) is 0 Å². The van der Waals surface area contributed by atoms with E-state index in [2.05, 4.69) is 10.9 Å². The standard InChI is InChI=1S/C20H20N4O2S2/c1-23(19(27)15-9-5-3-6-10-15)21-17(25)13-14-18(26)22-24(2)20(28)16-11-7-4-8-12-16/h3-14H,1-2H3,(H,21,25)(H,22,26)/b14-13+. The Bertz CT molecular complexity index is 812. The summed E-state index contributed by atoms with van der Waals surface area (Å²) in [5.74, 6) is -0.964. The molecule has 2 rings (SSSR count). The van der Waals surface area contributed by atoms with Crippen LogP contribution in [0.25, 0.3) is 0 Å². The van der Waals surface area contributed by atoms with Crippen LogP contribution in [0.1, 0.15) is 11.1 Å². The molecule has 0 fully saturated rings. The van der Waals surface area contributed by atoms with Crippen LogP contribution < -0.4 is 10.9 Å². The van der Waals surface area contributed by atoms with Crippen molar-refractivity contribution in [3.63, 3.8) is 0 Å². The van der Waals surface area contributed by atoms with Crippen LogP contribution in [0.2, 0.25) is 0 Å². The fourth-order valence-corrected chi connectivity index (χ4v) is 2.57. The number of hydrazine groups is 2. The third-order valence-corrected chi connectivity index (χ3v) is 4.61. The number of thiocarbonyl (C=S) groups is 2. The van der Waals surface area contributed by atoms with Crippen molar-refractivity contribution in [3.8, 4) is 0 Å². The Balaban J connectivity index is 1.85. The van der Waals surface area contributed by atoms with Gasteiger partial charge in [-0.15, -0.1) is 0 Å². The highest BCUT2D eigenvalue weighted by Crippen LogP contribution is 2.04. The van der Waals surface area contributed by atoms with Gasteiger partial charge in [0.25, 0.3) is 11.8 Å². The first-order valence-corrected chi connectivity index (χ1v) is 9.15. The molecule has 0 atom stereocenters. The molecule has 0 aliphatic heterocycles. The summed E-state index contributed by atoms with van der Waals surface area (Å²) in [6, 6.07) is 18.6. The van der Waals surface area contributed by atoms with E-state index in [1.807, 2.05) is 60.7 Å². The molecule has 0 saturated heterocycles. The maximum atomic E-state index is 12.0. The van der Waals surface area contributed by atoms with Gasteiger partial charge in [-0.25, -0.2) is 0 Å². The molecule has 0 aliphatic carbocycles. The Hall–Kier alpha value is -3.10. The average Bonchev–Trinajstić information content (AvgIpc) is 2.72. The van der Waals surface area contributed by atoms with Gasteiger partial charge in [-0.3, -0.25) is 30.5 Å².